The molecule has 31 heavy (non-hydrogen) atoms. The lowest BCUT2D eigenvalue weighted by Crippen LogP contribution is -2.13. The first-order chi connectivity index (χ1) is 15.3. The van der Waals surface area contributed by atoms with Gasteiger partial charge in [-0.2, -0.15) is 0 Å². The van der Waals surface area contributed by atoms with Gasteiger partial charge in [-0.3, -0.25) is 4.98 Å². The Morgan fingerprint density at radius 2 is 1.55 bits per heavy atom. The van der Waals surface area contributed by atoms with E-state index in [0.29, 0.717) is 5.90 Å². The molecule has 1 aliphatic heterocycles. The molecular weight excluding hydrogens is 384 g/mol. The van der Waals surface area contributed by atoms with Gasteiger partial charge in [-0.25, -0.2) is 4.99 Å². The minimum atomic E-state index is 0.0887. The molecule has 2 aliphatic rings. The molecule has 2 heterocycles. The van der Waals surface area contributed by atoms with E-state index in [1.807, 2.05) is 66.7 Å². The van der Waals surface area contributed by atoms with Gasteiger partial charge in [-0.1, -0.05) is 48.5 Å². The Kier molecular flexibility index (Phi) is 4.27. The summed E-state index contributed by atoms with van der Waals surface area (Å²) in [6, 6.07) is 30.3. The van der Waals surface area contributed by atoms with Crippen molar-refractivity contribution < 1.29 is 9.47 Å². The van der Waals surface area contributed by atoms with Gasteiger partial charge in [0, 0.05) is 23.7 Å². The van der Waals surface area contributed by atoms with Crippen LogP contribution in [0.15, 0.2) is 102 Å². The van der Waals surface area contributed by atoms with E-state index in [1.165, 1.54) is 11.1 Å². The molecular formula is C27H20N2O2. The van der Waals surface area contributed by atoms with Gasteiger partial charge in [0.2, 0.25) is 5.90 Å². The Labute approximate surface area is 180 Å². The van der Waals surface area contributed by atoms with E-state index in [4.69, 9.17) is 14.5 Å². The predicted molar refractivity (Wildman–Crippen MR) is 120 cm³/mol. The van der Waals surface area contributed by atoms with Crippen molar-refractivity contribution in [3.63, 3.8) is 0 Å². The molecule has 0 fully saturated rings. The summed E-state index contributed by atoms with van der Waals surface area (Å²) in [4.78, 5) is 9.31. The van der Waals surface area contributed by atoms with E-state index in [0.717, 1.165) is 34.7 Å². The number of rotatable bonds is 4. The monoisotopic (exact) mass is 404 g/mol. The molecule has 6 rings (SSSR count). The molecule has 0 saturated carbocycles. The van der Waals surface area contributed by atoms with Crippen LogP contribution in [0.1, 0.15) is 22.7 Å². The highest BCUT2D eigenvalue weighted by molar-refractivity contribution is 5.96. The summed E-state index contributed by atoms with van der Waals surface area (Å²) in [6.45, 7) is 0. The third kappa shape index (κ3) is 3.36. The maximum Gasteiger partial charge on any atom is 0.217 e. The van der Waals surface area contributed by atoms with Crippen LogP contribution < -0.4 is 4.74 Å². The van der Waals surface area contributed by atoms with Gasteiger partial charge in [0.15, 0.2) is 0 Å². The van der Waals surface area contributed by atoms with Gasteiger partial charge in [0.05, 0.1) is 5.69 Å². The first kappa shape index (κ1) is 17.9. The van der Waals surface area contributed by atoms with Crippen LogP contribution >= 0.6 is 0 Å². The number of aromatic nitrogens is 1. The third-order valence-electron chi connectivity index (χ3n) is 5.78. The standard InChI is InChI=1S/C27H20N2O2/c1-2-12-23-18(7-1)17-25-26(23)29-27(31-25)20-9-6-11-22(16-20)30-21-10-5-8-19(15-21)24-13-3-4-14-28-24/h1-16,25-26H,17H2/t25-,26+/m1/s1. The summed E-state index contributed by atoms with van der Waals surface area (Å²) in [5, 5.41) is 0. The lowest BCUT2D eigenvalue weighted by atomic mass is 10.1. The molecule has 0 bridgehead atoms. The number of hydrogen-bond donors (Lipinski definition) is 0. The molecule has 0 radical (unpaired) electrons. The van der Waals surface area contributed by atoms with Crippen molar-refractivity contribution in [2.75, 3.05) is 0 Å². The second-order valence-corrected chi connectivity index (χ2v) is 7.81. The predicted octanol–water partition coefficient (Wildman–Crippen LogP) is 5.98. The van der Waals surface area contributed by atoms with Crippen LogP contribution in [0.3, 0.4) is 0 Å². The molecule has 1 aromatic heterocycles. The van der Waals surface area contributed by atoms with Crippen LogP contribution in [0, 0.1) is 0 Å². The molecule has 4 heteroatoms. The van der Waals surface area contributed by atoms with E-state index < -0.39 is 0 Å². The lowest BCUT2D eigenvalue weighted by molar-refractivity contribution is 0.206. The summed E-state index contributed by atoms with van der Waals surface area (Å²) in [5.41, 5.74) is 5.49. The molecule has 4 nitrogen and oxygen atoms in total. The SMILES string of the molecule is c1ccc(-c2cccc(Oc3cccc(C4=N[C@H]5c6ccccc6C[C@H]5O4)c3)c2)nc1. The van der Waals surface area contributed by atoms with Crippen LogP contribution in [0.4, 0.5) is 0 Å². The summed E-state index contributed by atoms with van der Waals surface area (Å²) in [7, 11) is 0. The number of benzene rings is 3. The minimum Gasteiger partial charge on any atom is -0.471 e. The molecule has 1 aliphatic carbocycles. The number of nitrogens with zero attached hydrogens (tertiary/aromatic N) is 2. The van der Waals surface area contributed by atoms with Crippen LogP contribution in [-0.2, 0) is 11.2 Å². The summed E-state index contributed by atoms with van der Waals surface area (Å²) in [5.74, 6) is 2.21. The molecule has 0 amide bonds. The first-order valence-corrected chi connectivity index (χ1v) is 10.5. The molecule has 2 atom stereocenters. The zero-order valence-electron chi connectivity index (χ0n) is 16.8. The van der Waals surface area contributed by atoms with Crippen molar-refractivity contribution in [1.82, 2.24) is 4.98 Å². The normalized spacial score (nSPS) is 18.6. The van der Waals surface area contributed by atoms with Crippen molar-refractivity contribution in [3.8, 4) is 22.8 Å². The second kappa shape index (κ2) is 7.40. The summed E-state index contributed by atoms with van der Waals surface area (Å²) >= 11 is 0. The van der Waals surface area contributed by atoms with Gasteiger partial charge in [0.25, 0.3) is 0 Å². The van der Waals surface area contributed by atoms with Gasteiger partial charge >= 0.3 is 0 Å². The van der Waals surface area contributed by atoms with Gasteiger partial charge in [0.1, 0.15) is 23.6 Å². The largest absolute Gasteiger partial charge is 0.471 e. The Morgan fingerprint density at radius 3 is 2.39 bits per heavy atom. The lowest BCUT2D eigenvalue weighted by Gasteiger charge is -2.11. The van der Waals surface area contributed by atoms with E-state index in [-0.39, 0.29) is 12.1 Å². The molecule has 4 aromatic rings. The van der Waals surface area contributed by atoms with Crippen molar-refractivity contribution in [2.45, 2.75) is 18.6 Å². The highest BCUT2D eigenvalue weighted by atomic mass is 16.5. The Hall–Kier alpha value is -3.92. The molecule has 0 spiro atoms. The maximum atomic E-state index is 6.22. The third-order valence-corrected chi connectivity index (χ3v) is 5.78. The number of hydrogen-bond acceptors (Lipinski definition) is 4. The van der Waals surface area contributed by atoms with Crippen LogP contribution in [0.25, 0.3) is 11.3 Å². The first-order valence-electron chi connectivity index (χ1n) is 10.5. The minimum absolute atomic E-state index is 0.0887. The van der Waals surface area contributed by atoms with Crippen molar-refractivity contribution in [3.05, 3.63) is 114 Å². The number of ether oxygens (including phenoxy) is 2. The molecule has 0 saturated heterocycles. The maximum absolute atomic E-state index is 6.22. The van der Waals surface area contributed by atoms with Crippen molar-refractivity contribution in [2.24, 2.45) is 4.99 Å². The van der Waals surface area contributed by atoms with Gasteiger partial charge in [-0.05, 0) is 53.6 Å². The number of pyridine rings is 1. The van der Waals surface area contributed by atoms with E-state index >= 15 is 0 Å². The van der Waals surface area contributed by atoms with Crippen LogP contribution in [-0.4, -0.2) is 17.0 Å². The summed E-state index contributed by atoms with van der Waals surface area (Å²) < 4.78 is 12.4. The van der Waals surface area contributed by atoms with E-state index in [2.05, 4.69) is 29.2 Å². The van der Waals surface area contributed by atoms with Crippen LogP contribution in [0.2, 0.25) is 0 Å². The van der Waals surface area contributed by atoms with E-state index in [9.17, 15) is 0 Å². The second-order valence-electron chi connectivity index (χ2n) is 7.81. The highest BCUT2D eigenvalue weighted by Gasteiger charge is 2.39. The quantitative estimate of drug-likeness (QED) is 0.420. The fourth-order valence-corrected chi connectivity index (χ4v) is 4.32. The van der Waals surface area contributed by atoms with Crippen molar-refractivity contribution >= 4 is 5.90 Å². The molecule has 0 N–H and O–H groups in total. The zero-order valence-corrected chi connectivity index (χ0v) is 16.8. The Bertz CT molecular complexity index is 1280. The Morgan fingerprint density at radius 1 is 0.774 bits per heavy atom. The number of aliphatic imine (C=N–C) groups is 1. The van der Waals surface area contributed by atoms with Crippen LogP contribution in [0.5, 0.6) is 11.5 Å². The highest BCUT2D eigenvalue weighted by Crippen LogP contribution is 2.41. The molecule has 3 aromatic carbocycles. The average Bonchev–Trinajstić information content (AvgIpc) is 3.38. The fourth-order valence-electron chi connectivity index (χ4n) is 4.32. The average molecular weight is 404 g/mol. The van der Waals surface area contributed by atoms with Gasteiger partial charge < -0.3 is 9.47 Å². The number of fused-ring (bicyclic) bond motifs is 3. The van der Waals surface area contributed by atoms with E-state index in [1.54, 1.807) is 6.20 Å². The fraction of sp³-hybridized carbons (Fsp3) is 0.111. The smallest absolute Gasteiger partial charge is 0.217 e. The molecule has 150 valence electrons. The zero-order chi connectivity index (χ0) is 20.6. The topological polar surface area (TPSA) is 43.7 Å². The molecule has 0 unspecified atom stereocenters. The van der Waals surface area contributed by atoms with Crippen molar-refractivity contribution in [1.29, 1.82) is 0 Å². The Balaban J connectivity index is 1.25. The summed E-state index contributed by atoms with van der Waals surface area (Å²) in [6.07, 6.45) is 2.79. The van der Waals surface area contributed by atoms with Gasteiger partial charge in [-0.15, -0.1) is 0 Å².